The third kappa shape index (κ3) is 1.73. The minimum Gasteiger partial charge on any atom is -0.0848 e. The van der Waals surface area contributed by atoms with Crippen LogP contribution in [0.1, 0.15) is 53.4 Å². The van der Waals surface area contributed by atoms with E-state index >= 15 is 0 Å². The second-order valence-electron chi connectivity index (χ2n) is 4.68. The van der Waals surface area contributed by atoms with Gasteiger partial charge in [0.1, 0.15) is 0 Å². The molecule has 0 aromatic carbocycles. The molecule has 0 saturated carbocycles. The van der Waals surface area contributed by atoms with E-state index < -0.39 is 0 Å². The smallest absolute Gasteiger partial charge is 0.0116 e. The maximum atomic E-state index is 2.43. The van der Waals surface area contributed by atoms with Gasteiger partial charge in [-0.25, -0.2) is 0 Å². The summed E-state index contributed by atoms with van der Waals surface area (Å²) in [5.74, 6) is 0.914. The lowest BCUT2D eigenvalue weighted by molar-refractivity contribution is 0.269. The zero-order valence-electron chi connectivity index (χ0n) is 8.98. The Bertz CT molecular complexity index is 174. The molecule has 0 nitrogen and oxygen atoms in total. The number of hydrogen-bond donors (Lipinski definition) is 0. The Balaban J connectivity index is 2.49. The fourth-order valence-electron chi connectivity index (χ4n) is 2.13. The van der Waals surface area contributed by atoms with E-state index in [1.165, 1.54) is 25.7 Å². The van der Waals surface area contributed by atoms with Gasteiger partial charge in [0.2, 0.25) is 0 Å². The molecule has 70 valence electrons. The van der Waals surface area contributed by atoms with E-state index in [1.54, 1.807) is 5.57 Å². The van der Waals surface area contributed by atoms with Gasteiger partial charge in [-0.3, -0.25) is 0 Å². The fourth-order valence-corrected chi connectivity index (χ4v) is 2.13. The van der Waals surface area contributed by atoms with Gasteiger partial charge in [-0.05, 0) is 31.1 Å². The summed E-state index contributed by atoms with van der Waals surface area (Å²) in [5, 5.41) is 0. The minimum atomic E-state index is 0.481. The quantitative estimate of drug-likeness (QED) is 0.552. The van der Waals surface area contributed by atoms with E-state index in [2.05, 4.69) is 33.8 Å². The molecule has 1 aliphatic rings. The van der Waals surface area contributed by atoms with Crippen LogP contribution in [0.4, 0.5) is 0 Å². The van der Waals surface area contributed by atoms with Crippen LogP contribution < -0.4 is 0 Å². The van der Waals surface area contributed by atoms with E-state index in [1.807, 2.05) is 0 Å². The summed E-state index contributed by atoms with van der Waals surface area (Å²) in [7, 11) is 0. The van der Waals surface area contributed by atoms with Crippen molar-refractivity contribution in [2.24, 2.45) is 11.3 Å². The van der Waals surface area contributed by atoms with E-state index in [-0.39, 0.29) is 0 Å². The molecule has 0 aromatic rings. The summed E-state index contributed by atoms with van der Waals surface area (Å²) < 4.78 is 0. The molecule has 0 N–H and O–H groups in total. The number of unbranched alkanes of at least 4 members (excludes halogenated alkanes) is 1. The molecule has 0 aromatic heterocycles. The van der Waals surface area contributed by atoms with Crippen molar-refractivity contribution in [1.82, 2.24) is 0 Å². The molecule has 0 spiro atoms. The Morgan fingerprint density at radius 2 is 2.17 bits per heavy atom. The lowest BCUT2D eigenvalue weighted by atomic mass is 9.75. The molecule has 1 rings (SSSR count). The van der Waals surface area contributed by atoms with Crippen molar-refractivity contribution >= 4 is 0 Å². The fraction of sp³-hybridized carbons (Fsp3) is 0.833. The standard InChI is InChI=1S/C12H22/c1-5-6-7-11-9-8-10(2)12(11,3)4/h8,11H,5-7,9H2,1-4H3. The number of rotatable bonds is 3. The maximum absolute atomic E-state index is 2.43. The van der Waals surface area contributed by atoms with Gasteiger partial charge in [-0.15, -0.1) is 0 Å². The van der Waals surface area contributed by atoms with Crippen molar-refractivity contribution in [3.05, 3.63) is 11.6 Å². The van der Waals surface area contributed by atoms with E-state index in [9.17, 15) is 0 Å². The van der Waals surface area contributed by atoms with Crippen molar-refractivity contribution in [3.8, 4) is 0 Å². The molecule has 1 unspecified atom stereocenters. The van der Waals surface area contributed by atoms with Crippen molar-refractivity contribution < 1.29 is 0 Å². The molecule has 1 atom stereocenters. The van der Waals surface area contributed by atoms with Gasteiger partial charge in [0.25, 0.3) is 0 Å². The first-order valence-corrected chi connectivity index (χ1v) is 5.26. The Kier molecular flexibility index (Phi) is 2.98. The first-order valence-electron chi connectivity index (χ1n) is 5.26. The SMILES string of the molecule is CCCCC1CC=C(C)C1(C)C. The van der Waals surface area contributed by atoms with Crippen LogP contribution in [0.2, 0.25) is 0 Å². The lowest BCUT2D eigenvalue weighted by Gasteiger charge is -2.29. The summed E-state index contributed by atoms with van der Waals surface area (Å²) in [5.41, 5.74) is 2.08. The van der Waals surface area contributed by atoms with E-state index in [0.717, 1.165) is 5.92 Å². The third-order valence-electron chi connectivity index (χ3n) is 3.65. The summed E-state index contributed by atoms with van der Waals surface area (Å²) in [6.07, 6.45) is 7.90. The van der Waals surface area contributed by atoms with Gasteiger partial charge in [-0.2, -0.15) is 0 Å². The zero-order chi connectivity index (χ0) is 9.19. The molecule has 0 saturated heterocycles. The molecule has 0 heteroatoms. The normalized spacial score (nSPS) is 27.3. The molecular weight excluding hydrogens is 144 g/mol. The average Bonchev–Trinajstić information content (AvgIpc) is 2.25. The van der Waals surface area contributed by atoms with E-state index in [0.29, 0.717) is 5.41 Å². The summed E-state index contributed by atoms with van der Waals surface area (Å²) >= 11 is 0. The monoisotopic (exact) mass is 166 g/mol. The Labute approximate surface area is 77.1 Å². The topological polar surface area (TPSA) is 0 Å². The summed E-state index contributed by atoms with van der Waals surface area (Å²) in [6, 6.07) is 0. The maximum Gasteiger partial charge on any atom is -0.0116 e. The number of hydrogen-bond acceptors (Lipinski definition) is 0. The molecule has 1 aliphatic carbocycles. The molecule has 0 aliphatic heterocycles. The lowest BCUT2D eigenvalue weighted by Crippen LogP contribution is -2.20. The van der Waals surface area contributed by atoms with Gasteiger partial charge < -0.3 is 0 Å². The minimum absolute atomic E-state index is 0.481. The predicted molar refractivity (Wildman–Crippen MR) is 55.2 cm³/mol. The molecule has 0 bridgehead atoms. The van der Waals surface area contributed by atoms with Crippen molar-refractivity contribution in [2.45, 2.75) is 53.4 Å². The van der Waals surface area contributed by atoms with Crippen LogP contribution in [0.3, 0.4) is 0 Å². The largest absolute Gasteiger partial charge is 0.0848 e. The van der Waals surface area contributed by atoms with Gasteiger partial charge >= 0.3 is 0 Å². The summed E-state index contributed by atoms with van der Waals surface area (Å²) in [4.78, 5) is 0. The van der Waals surface area contributed by atoms with E-state index in [4.69, 9.17) is 0 Å². The first kappa shape index (κ1) is 9.83. The Hall–Kier alpha value is -0.260. The molecular formula is C12H22. The highest BCUT2D eigenvalue weighted by Gasteiger charge is 2.33. The molecule has 12 heavy (non-hydrogen) atoms. The highest BCUT2D eigenvalue weighted by molar-refractivity contribution is 5.17. The third-order valence-corrected chi connectivity index (χ3v) is 3.65. The number of allylic oxidation sites excluding steroid dienone is 2. The zero-order valence-corrected chi connectivity index (χ0v) is 8.98. The van der Waals surface area contributed by atoms with Crippen LogP contribution in [0, 0.1) is 11.3 Å². The Morgan fingerprint density at radius 1 is 1.50 bits per heavy atom. The van der Waals surface area contributed by atoms with Gasteiger partial charge in [0, 0.05) is 0 Å². The second kappa shape index (κ2) is 3.64. The molecule has 0 fully saturated rings. The van der Waals surface area contributed by atoms with Crippen LogP contribution >= 0.6 is 0 Å². The van der Waals surface area contributed by atoms with Crippen LogP contribution in [0.15, 0.2) is 11.6 Å². The molecule has 0 radical (unpaired) electrons. The van der Waals surface area contributed by atoms with Crippen molar-refractivity contribution in [1.29, 1.82) is 0 Å². The Morgan fingerprint density at radius 3 is 2.58 bits per heavy atom. The van der Waals surface area contributed by atoms with Crippen molar-refractivity contribution in [2.75, 3.05) is 0 Å². The van der Waals surface area contributed by atoms with Gasteiger partial charge in [0.05, 0.1) is 0 Å². The predicted octanol–water partition coefficient (Wildman–Crippen LogP) is 4.17. The first-order chi connectivity index (χ1) is 5.59. The van der Waals surface area contributed by atoms with Crippen LogP contribution in [0.25, 0.3) is 0 Å². The average molecular weight is 166 g/mol. The molecule has 0 heterocycles. The van der Waals surface area contributed by atoms with Crippen LogP contribution in [-0.4, -0.2) is 0 Å². The van der Waals surface area contributed by atoms with Crippen LogP contribution in [-0.2, 0) is 0 Å². The van der Waals surface area contributed by atoms with Crippen molar-refractivity contribution in [3.63, 3.8) is 0 Å². The highest BCUT2D eigenvalue weighted by atomic mass is 14.4. The van der Waals surface area contributed by atoms with Gasteiger partial charge in [-0.1, -0.05) is 45.3 Å². The van der Waals surface area contributed by atoms with Crippen LogP contribution in [0.5, 0.6) is 0 Å². The highest BCUT2D eigenvalue weighted by Crippen LogP contribution is 2.45. The molecule has 0 amide bonds. The second-order valence-corrected chi connectivity index (χ2v) is 4.68. The van der Waals surface area contributed by atoms with Gasteiger partial charge in [0.15, 0.2) is 0 Å². The summed E-state index contributed by atoms with van der Waals surface area (Å²) in [6.45, 7) is 9.35.